The molecular formula is C13H15NO2. The zero-order chi connectivity index (χ0) is 11.5. The molecule has 3 nitrogen and oxygen atoms in total. The molecule has 0 saturated heterocycles. The van der Waals surface area contributed by atoms with E-state index >= 15 is 0 Å². The molecule has 0 bridgehead atoms. The number of para-hydroxylation sites is 1. The molecular weight excluding hydrogens is 202 g/mol. The fourth-order valence-electron chi connectivity index (χ4n) is 1.81. The molecule has 0 amide bonds. The van der Waals surface area contributed by atoms with Crippen LogP contribution in [0.1, 0.15) is 17.4 Å². The van der Waals surface area contributed by atoms with Crippen LogP contribution in [0, 0.1) is 0 Å². The van der Waals surface area contributed by atoms with Crippen molar-refractivity contribution in [1.82, 2.24) is 4.57 Å². The second kappa shape index (κ2) is 4.41. The van der Waals surface area contributed by atoms with E-state index in [0.29, 0.717) is 5.75 Å². The Balaban J connectivity index is 2.41. The molecule has 1 heterocycles. The minimum Gasteiger partial charge on any atom is -0.496 e. The third kappa shape index (κ3) is 1.82. The first-order valence-electron chi connectivity index (χ1n) is 5.16. The highest BCUT2D eigenvalue weighted by Crippen LogP contribution is 2.29. The van der Waals surface area contributed by atoms with Crippen LogP contribution in [0.2, 0.25) is 0 Å². The minimum absolute atomic E-state index is 0.656. The number of aryl methyl sites for hydroxylation is 1. The van der Waals surface area contributed by atoms with E-state index in [4.69, 9.17) is 4.74 Å². The first-order valence-corrected chi connectivity index (χ1v) is 5.16. The summed E-state index contributed by atoms with van der Waals surface area (Å²) in [6.45, 7) is 0. The Kier molecular flexibility index (Phi) is 2.97. The summed E-state index contributed by atoms with van der Waals surface area (Å²) in [4.78, 5) is 0. The summed E-state index contributed by atoms with van der Waals surface area (Å²) in [7, 11) is 3.52. The van der Waals surface area contributed by atoms with E-state index in [9.17, 15) is 5.11 Å². The number of rotatable bonds is 3. The summed E-state index contributed by atoms with van der Waals surface area (Å²) in [6.07, 6.45) is 1.25. The Morgan fingerprint density at radius 2 is 1.94 bits per heavy atom. The van der Waals surface area contributed by atoms with Gasteiger partial charge in [-0.25, -0.2) is 0 Å². The van der Waals surface area contributed by atoms with Gasteiger partial charge in [0.05, 0.1) is 12.8 Å². The SMILES string of the molecule is COc1ccccc1[C@H](O)c1cccn1C. The molecule has 0 radical (unpaired) electrons. The fraction of sp³-hybridized carbons (Fsp3) is 0.231. The van der Waals surface area contributed by atoms with E-state index in [-0.39, 0.29) is 0 Å². The van der Waals surface area contributed by atoms with Crippen molar-refractivity contribution in [2.45, 2.75) is 6.10 Å². The van der Waals surface area contributed by atoms with E-state index < -0.39 is 6.10 Å². The molecule has 2 rings (SSSR count). The van der Waals surface area contributed by atoms with Gasteiger partial charge in [0, 0.05) is 18.8 Å². The molecule has 16 heavy (non-hydrogen) atoms. The Morgan fingerprint density at radius 3 is 2.56 bits per heavy atom. The van der Waals surface area contributed by atoms with Crippen LogP contribution >= 0.6 is 0 Å². The van der Waals surface area contributed by atoms with Gasteiger partial charge in [-0.05, 0) is 18.2 Å². The third-order valence-corrected chi connectivity index (χ3v) is 2.70. The number of hydrogen-bond donors (Lipinski definition) is 1. The van der Waals surface area contributed by atoms with Gasteiger partial charge < -0.3 is 14.4 Å². The van der Waals surface area contributed by atoms with Crippen molar-refractivity contribution in [3.05, 3.63) is 53.9 Å². The maximum Gasteiger partial charge on any atom is 0.125 e. The van der Waals surface area contributed by atoms with Gasteiger partial charge in [0.1, 0.15) is 11.9 Å². The topological polar surface area (TPSA) is 34.4 Å². The molecule has 0 aliphatic carbocycles. The summed E-state index contributed by atoms with van der Waals surface area (Å²) in [5.74, 6) is 0.705. The molecule has 0 spiro atoms. The van der Waals surface area contributed by atoms with Gasteiger partial charge in [-0.1, -0.05) is 18.2 Å². The molecule has 0 aliphatic rings. The number of benzene rings is 1. The zero-order valence-corrected chi connectivity index (χ0v) is 9.42. The normalized spacial score (nSPS) is 12.4. The van der Waals surface area contributed by atoms with E-state index in [1.54, 1.807) is 7.11 Å². The van der Waals surface area contributed by atoms with Crippen LogP contribution in [0.3, 0.4) is 0 Å². The summed E-state index contributed by atoms with van der Waals surface area (Å²) < 4.78 is 7.14. The van der Waals surface area contributed by atoms with Gasteiger partial charge in [0.15, 0.2) is 0 Å². The highest BCUT2D eigenvalue weighted by Gasteiger charge is 2.16. The summed E-state index contributed by atoms with van der Waals surface area (Å²) in [5.41, 5.74) is 1.64. The van der Waals surface area contributed by atoms with Crippen LogP contribution in [0.15, 0.2) is 42.6 Å². The largest absolute Gasteiger partial charge is 0.496 e. The smallest absolute Gasteiger partial charge is 0.125 e. The lowest BCUT2D eigenvalue weighted by molar-refractivity contribution is 0.206. The highest BCUT2D eigenvalue weighted by molar-refractivity contribution is 5.38. The van der Waals surface area contributed by atoms with Crippen LogP contribution in [0.5, 0.6) is 5.75 Å². The first kappa shape index (κ1) is 10.8. The van der Waals surface area contributed by atoms with E-state index in [1.165, 1.54) is 0 Å². The lowest BCUT2D eigenvalue weighted by Gasteiger charge is -2.15. The highest BCUT2D eigenvalue weighted by atomic mass is 16.5. The van der Waals surface area contributed by atoms with E-state index in [2.05, 4.69) is 0 Å². The van der Waals surface area contributed by atoms with Gasteiger partial charge in [0.25, 0.3) is 0 Å². The van der Waals surface area contributed by atoms with Crippen molar-refractivity contribution in [2.75, 3.05) is 7.11 Å². The Morgan fingerprint density at radius 1 is 1.19 bits per heavy atom. The van der Waals surface area contributed by atoms with Gasteiger partial charge in [-0.3, -0.25) is 0 Å². The molecule has 0 unspecified atom stereocenters. The molecule has 2 aromatic rings. The molecule has 1 atom stereocenters. The van der Waals surface area contributed by atoms with E-state index in [1.807, 2.05) is 54.2 Å². The van der Waals surface area contributed by atoms with Crippen molar-refractivity contribution in [3.8, 4) is 5.75 Å². The lowest BCUT2D eigenvalue weighted by Crippen LogP contribution is -2.06. The minimum atomic E-state index is -0.656. The van der Waals surface area contributed by atoms with Crippen LogP contribution in [-0.2, 0) is 7.05 Å². The number of aliphatic hydroxyl groups is 1. The Hall–Kier alpha value is -1.74. The third-order valence-electron chi connectivity index (χ3n) is 2.70. The van der Waals surface area contributed by atoms with Crippen molar-refractivity contribution in [2.24, 2.45) is 7.05 Å². The first-order chi connectivity index (χ1) is 7.74. The number of nitrogens with zero attached hydrogens (tertiary/aromatic N) is 1. The molecule has 1 N–H and O–H groups in total. The molecule has 0 aliphatic heterocycles. The number of ether oxygens (including phenoxy) is 1. The van der Waals surface area contributed by atoms with Crippen LogP contribution in [0.25, 0.3) is 0 Å². The maximum absolute atomic E-state index is 10.3. The summed E-state index contributed by atoms with van der Waals surface area (Å²) in [5, 5.41) is 10.3. The van der Waals surface area contributed by atoms with Crippen LogP contribution in [-0.4, -0.2) is 16.8 Å². The summed E-state index contributed by atoms with van der Waals surface area (Å²) in [6, 6.07) is 11.3. The predicted molar refractivity (Wildman–Crippen MR) is 62.5 cm³/mol. The Bertz CT molecular complexity index is 476. The second-order valence-corrected chi connectivity index (χ2v) is 3.69. The molecule has 3 heteroatoms. The van der Waals surface area contributed by atoms with Crippen LogP contribution in [0.4, 0.5) is 0 Å². The quantitative estimate of drug-likeness (QED) is 0.854. The zero-order valence-electron chi connectivity index (χ0n) is 9.42. The Labute approximate surface area is 94.9 Å². The van der Waals surface area contributed by atoms with Gasteiger partial charge in [0.2, 0.25) is 0 Å². The molecule has 1 aromatic heterocycles. The average Bonchev–Trinajstić information content (AvgIpc) is 2.74. The molecule has 84 valence electrons. The molecule has 0 saturated carbocycles. The van der Waals surface area contributed by atoms with Gasteiger partial charge in [-0.2, -0.15) is 0 Å². The number of aromatic nitrogens is 1. The van der Waals surface area contributed by atoms with Gasteiger partial charge in [-0.15, -0.1) is 0 Å². The number of methoxy groups -OCH3 is 1. The van der Waals surface area contributed by atoms with Crippen molar-refractivity contribution in [1.29, 1.82) is 0 Å². The number of hydrogen-bond acceptors (Lipinski definition) is 2. The van der Waals surface area contributed by atoms with E-state index in [0.717, 1.165) is 11.3 Å². The average molecular weight is 217 g/mol. The van der Waals surface area contributed by atoms with Crippen molar-refractivity contribution >= 4 is 0 Å². The molecule has 1 aromatic carbocycles. The van der Waals surface area contributed by atoms with Crippen molar-refractivity contribution in [3.63, 3.8) is 0 Å². The van der Waals surface area contributed by atoms with Crippen molar-refractivity contribution < 1.29 is 9.84 Å². The monoisotopic (exact) mass is 217 g/mol. The fourth-order valence-corrected chi connectivity index (χ4v) is 1.81. The molecule has 0 fully saturated rings. The number of aliphatic hydroxyl groups excluding tert-OH is 1. The standard InChI is InChI=1S/C13H15NO2/c1-14-9-5-7-11(14)13(15)10-6-3-4-8-12(10)16-2/h3-9,13,15H,1-2H3/t13-/m0/s1. The maximum atomic E-state index is 10.3. The van der Waals surface area contributed by atoms with Gasteiger partial charge >= 0.3 is 0 Å². The second-order valence-electron chi connectivity index (χ2n) is 3.69. The lowest BCUT2D eigenvalue weighted by atomic mass is 10.1. The van der Waals surface area contributed by atoms with Crippen LogP contribution < -0.4 is 4.74 Å². The summed E-state index contributed by atoms with van der Waals surface area (Å²) >= 11 is 0. The predicted octanol–water partition coefficient (Wildman–Crippen LogP) is 2.12.